The van der Waals surface area contributed by atoms with Gasteiger partial charge in [0.05, 0.1) is 0 Å². The predicted molar refractivity (Wildman–Crippen MR) is 47.1 cm³/mol. The fourth-order valence-corrected chi connectivity index (χ4v) is 0. The maximum absolute atomic E-state index is 5.03. The first-order valence-electron chi connectivity index (χ1n) is 2.97. The minimum absolute atomic E-state index is 0. The number of hydrogen-bond donors (Lipinski definition) is 1. The maximum atomic E-state index is 5.03. The average molecular weight is 152 g/mol. The van der Waals surface area contributed by atoms with Crippen LogP contribution in [0, 0.1) is 0 Å². The Morgan fingerprint density at radius 1 is 1.44 bits per heavy atom. The molecular weight excluding hydrogens is 134 g/mol. The van der Waals surface area contributed by atoms with E-state index in [9.17, 15) is 0 Å². The van der Waals surface area contributed by atoms with E-state index in [0.29, 0.717) is 0 Å². The molecule has 0 saturated carbocycles. The van der Waals surface area contributed by atoms with E-state index in [1.165, 1.54) is 5.57 Å². The van der Waals surface area contributed by atoms with Crippen molar-refractivity contribution in [1.29, 1.82) is 0 Å². The van der Waals surface area contributed by atoms with Crippen molar-refractivity contribution in [3.8, 4) is 0 Å². The summed E-state index contributed by atoms with van der Waals surface area (Å²) < 4.78 is 0. The van der Waals surface area contributed by atoms with E-state index in [0.717, 1.165) is 13.0 Å². The smallest absolute Gasteiger partial charge is 0.00799 e. The lowest BCUT2D eigenvalue weighted by molar-refractivity contribution is 0.932. The Balaban J connectivity index is -0.0000000720. The fraction of sp³-hybridized carbons (Fsp3) is 0.714. The van der Waals surface area contributed by atoms with Crippen molar-refractivity contribution in [1.82, 2.24) is 0 Å². The third kappa shape index (κ3) is 293. The number of halogens is 1. The first kappa shape index (κ1) is 16.0. The fourth-order valence-electron chi connectivity index (χ4n) is 0. The summed E-state index contributed by atoms with van der Waals surface area (Å²) in [6.45, 7) is 10.4. The summed E-state index contributed by atoms with van der Waals surface area (Å²) in [5, 5.41) is 0. The molecule has 0 fully saturated rings. The Morgan fingerprint density at radius 2 is 1.56 bits per heavy atom. The Bertz CT molecular complexity index is 46.9. The molecule has 0 spiro atoms. The van der Waals surface area contributed by atoms with Gasteiger partial charge in [0.25, 0.3) is 0 Å². The van der Waals surface area contributed by atoms with Crippen molar-refractivity contribution < 1.29 is 0 Å². The first-order valence-corrected chi connectivity index (χ1v) is 2.97. The van der Waals surface area contributed by atoms with Gasteiger partial charge >= 0.3 is 0 Å². The first-order chi connectivity index (χ1) is 3.65. The molecule has 0 rings (SSSR count). The molecule has 9 heavy (non-hydrogen) atoms. The zero-order chi connectivity index (χ0) is 6.99. The van der Waals surface area contributed by atoms with Crippen LogP contribution in [0.15, 0.2) is 12.2 Å². The normalized spacial score (nSPS) is 6.22. The van der Waals surface area contributed by atoms with E-state index in [2.05, 4.69) is 13.5 Å². The van der Waals surface area contributed by atoms with Gasteiger partial charge < -0.3 is 5.73 Å². The molecule has 0 heterocycles. The zero-order valence-corrected chi connectivity index (χ0v) is 7.42. The predicted octanol–water partition coefficient (Wildman–Crippen LogP) is 2.36. The van der Waals surface area contributed by atoms with Crippen LogP contribution in [0.3, 0.4) is 0 Å². The molecule has 58 valence electrons. The van der Waals surface area contributed by atoms with Crippen LogP contribution in [-0.4, -0.2) is 6.54 Å². The molecule has 0 aromatic rings. The van der Waals surface area contributed by atoms with Gasteiger partial charge in [0.1, 0.15) is 0 Å². The van der Waals surface area contributed by atoms with Crippen molar-refractivity contribution in [2.75, 3.05) is 6.54 Å². The molecule has 0 saturated heterocycles. The van der Waals surface area contributed by atoms with Gasteiger partial charge in [-0.25, -0.2) is 0 Å². The van der Waals surface area contributed by atoms with E-state index in [-0.39, 0.29) is 12.4 Å². The van der Waals surface area contributed by atoms with Crippen LogP contribution < -0.4 is 5.73 Å². The number of hydrogen-bond acceptors (Lipinski definition) is 1. The Kier molecular flexibility index (Phi) is 27.9. The SMILES string of the molecule is C=C(C)C.CCCN.Cl. The summed E-state index contributed by atoms with van der Waals surface area (Å²) >= 11 is 0. The van der Waals surface area contributed by atoms with Crippen molar-refractivity contribution in [2.24, 2.45) is 5.73 Å². The summed E-state index contributed by atoms with van der Waals surface area (Å²) in [6, 6.07) is 0. The Labute approximate surface area is 64.7 Å². The van der Waals surface area contributed by atoms with Crippen LogP contribution in [0.5, 0.6) is 0 Å². The molecule has 2 N–H and O–H groups in total. The monoisotopic (exact) mass is 151 g/mol. The molecule has 0 unspecified atom stereocenters. The van der Waals surface area contributed by atoms with Gasteiger partial charge in [0.15, 0.2) is 0 Å². The highest BCUT2D eigenvalue weighted by Crippen LogP contribution is 1.73. The summed E-state index contributed by atoms with van der Waals surface area (Å²) in [7, 11) is 0. The molecule has 0 aromatic heterocycles. The van der Waals surface area contributed by atoms with E-state index in [1.807, 2.05) is 13.8 Å². The van der Waals surface area contributed by atoms with Crippen LogP contribution in [0.25, 0.3) is 0 Å². The third-order valence-corrected chi connectivity index (χ3v) is 0.289. The lowest BCUT2D eigenvalue weighted by Gasteiger charge is -1.70. The number of nitrogens with two attached hydrogens (primary N) is 1. The lowest BCUT2D eigenvalue weighted by atomic mass is 10.4. The Morgan fingerprint density at radius 3 is 1.56 bits per heavy atom. The van der Waals surface area contributed by atoms with Crippen LogP contribution in [0.4, 0.5) is 0 Å². The minimum Gasteiger partial charge on any atom is -0.330 e. The highest BCUT2D eigenvalue weighted by Gasteiger charge is 1.55. The molecular formula is C7H18ClN. The van der Waals surface area contributed by atoms with Crippen LogP contribution >= 0.6 is 12.4 Å². The highest BCUT2D eigenvalue weighted by molar-refractivity contribution is 5.85. The van der Waals surface area contributed by atoms with Gasteiger partial charge in [-0.15, -0.1) is 19.0 Å². The van der Waals surface area contributed by atoms with Crippen LogP contribution in [-0.2, 0) is 0 Å². The Hall–Kier alpha value is -0.0100. The van der Waals surface area contributed by atoms with Crippen molar-refractivity contribution >= 4 is 12.4 Å². The molecule has 2 heteroatoms. The van der Waals surface area contributed by atoms with Gasteiger partial charge in [0, 0.05) is 0 Å². The molecule has 0 aliphatic heterocycles. The molecule has 0 aliphatic carbocycles. The maximum Gasteiger partial charge on any atom is -0.00799 e. The van der Waals surface area contributed by atoms with Gasteiger partial charge in [-0.2, -0.15) is 0 Å². The summed E-state index contributed by atoms with van der Waals surface area (Å²) in [6.07, 6.45) is 1.10. The zero-order valence-electron chi connectivity index (χ0n) is 6.61. The second-order valence-corrected chi connectivity index (χ2v) is 2.00. The summed E-state index contributed by atoms with van der Waals surface area (Å²) in [5.74, 6) is 0. The van der Waals surface area contributed by atoms with Gasteiger partial charge in [-0.1, -0.05) is 12.5 Å². The van der Waals surface area contributed by atoms with Gasteiger partial charge in [-0.05, 0) is 26.8 Å². The summed E-state index contributed by atoms with van der Waals surface area (Å²) in [5.41, 5.74) is 6.19. The molecule has 0 atom stereocenters. The standard InChI is InChI=1S/C4H8.C3H9N.ClH/c1-4(2)3;1-2-3-4;/h1H2,2-3H3;2-4H2,1H3;1H. The number of allylic oxidation sites excluding steroid dienone is 1. The largest absolute Gasteiger partial charge is 0.330 e. The van der Waals surface area contributed by atoms with Crippen molar-refractivity contribution in [2.45, 2.75) is 27.2 Å². The van der Waals surface area contributed by atoms with Crippen LogP contribution in [0.1, 0.15) is 27.2 Å². The van der Waals surface area contributed by atoms with E-state index in [1.54, 1.807) is 0 Å². The molecule has 0 amide bonds. The van der Waals surface area contributed by atoms with Crippen molar-refractivity contribution in [3.05, 3.63) is 12.2 Å². The summed E-state index contributed by atoms with van der Waals surface area (Å²) in [4.78, 5) is 0. The van der Waals surface area contributed by atoms with Crippen LogP contribution in [0.2, 0.25) is 0 Å². The van der Waals surface area contributed by atoms with Crippen molar-refractivity contribution in [3.63, 3.8) is 0 Å². The average Bonchev–Trinajstić information content (AvgIpc) is 1.65. The number of rotatable bonds is 1. The lowest BCUT2D eigenvalue weighted by Crippen LogP contribution is -1.93. The topological polar surface area (TPSA) is 26.0 Å². The second kappa shape index (κ2) is 15.7. The van der Waals surface area contributed by atoms with Gasteiger partial charge in [0.2, 0.25) is 0 Å². The highest BCUT2D eigenvalue weighted by atomic mass is 35.5. The van der Waals surface area contributed by atoms with E-state index < -0.39 is 0 Å². The minimum atomic E-state index is 0. The second-order valence-electron chi connectivity index (χ2n) is 2.00. The molecule has 0 aromatic carbocycles. The molecule has 0 aliphatic rings. The van der Waals surface area contributed by atoms with Gasteiger partial charge in [-0.3, -0.25) is 0 Å². The third-order valence-electron chi connectivity index (χ3n) is 0.289. The molecule has 0 radical (unpaired) electrons. The van der Waals surface area contributed by atoms with E-state index in [4.69, 9.17) is 5.73 Å². The molecule has 0 bridgehead atoms. The molecule has 1 nitrogen and oxygen atoms in total. The van der Waals surface area contributed by atoms with E-state index >= 15 is 0 Å². The quantitative estimate of drug-likeness (QED) is 0.573.